The normalized spacial score (nSPS) is 14.2. The topological polar surface area (TPSA) is 128 Å². The summed E-state index contributed by atoms with van der Waals surface area (Å²) >= 11 is 0. The van der Waals surface area contributed by atoms with E-state index in [0.717, 1.165) is 11.1 Å². The van der Waals surface area contributed by atoms with Gasteiger partial charge in [0.25, 0.3) is 0 Å². The fourth-order valence-corrected chi connectivity index (χ4v) is 3.91. The molecule has 1 aliphatic heterocycles. The predicted molar refractivity (Wildman–Crippen MR) is 140 cm³/mol. The van der Waals surface area contributed by atoms with Crippen molar-refractivity contribution >= 4 is 34.7 Å². The van der Waals surface area contributed by atoms with Crippen LogP contribution in [0, 0.1) is 13.8 Å². The van der Waals surface area contributed by atoms with Crippen molar-refractivity contribution in [1.29, 1.82) is 0 Å². The SMILES string of the molecule is Cc1ccc(N2N=C(c3ccco3)/C(=N/Nc3cccc(-c4cccc(C(=O)O)c4)c3O)C2=O)cc1C. The van der Waals surface area contributed by atoms with Gasteiger partial charge in [-0.3, -0.25) is 10.2 Å². The summed E-state index contributed by atoms with van der Waals surface area (Å²) in [6.07, 6.45) is 1.48. The summed E-state index contributed by atoms with van der Waals surface area (Å²) in [5.41, 5.74) is 6.95. The Morgan fingerprint density at radius 2 is 1.81 bits per heavy atom. The van der Waals surface area contributed by atoms with E-state index in [1.54, 1.807) is 48.5 Å². The number of anilines is 2. The van der Waals surface area contributed by atoms with Gasteiger partial charge < -0.3 is 14.6 Å². The molecular formula is C28H22N4O5. The van der Waals surface area contributed by atoms with Crippen LogP contribution < -0.4 is 10.4 Å². The summed E-state index contributed by atoms with van der Waals surface area (Å²) in [6.45, 7) is 3.94. The van der Waals surface area contributed by atoms with Crippen LogP contribution in [0.2, 0.25) is 0 Å². The molecule has 3 N–H and O–H groups in total. The molecule has 0 saturated heterocycles. The van der Waals surface area contributed by atoms with Crippen molar-refractivity contribution in [2.75, 3.05) is 10.4 Å². The summed E-state index contributed by atoms with van der Waals surface area (Å²) in [5.74, 6) is -1.32. The maximum atomic E-state index is 13.4. The second kappa shape index (κ2) is 9.46. The lowest BCUT2D eigenvalue weighted by Gasteiger charge is -2.13. The first-order chi connectivity index (χ1) is 17.8. The number of nitrogens with one attached hydrogen (secondary N) is 1. The average molecular weight is 495 g/mol. The molecular weight excluding hydrogens is 472 g/mol. The number of para-hydroxylation sites is 1. The van der Waals surface area contributed by atoms with Crippen LogP contribution in [0.1, 0.15) is 27.2 Å². The van der Waals surface area contributed by atoms with Gasteiger partial charge in [-0.05, 0) is 73.0 Å². The quantitative estimate of drug-likeness (QED) is 0.250. The lowest BCUT2D eigenvalue weighted by molar-refractivity contribution is -0.112. The number of hydrogen-bond acceptors (Lipinski definition) is 7. The van der Waals surface area contributed by atoms with Crippen molar-refractivity contribution in [2.24, 2.45) is 10.2 Å². The molecule has 0 atom stereocenters. The molecule has 1 aromatic heterocycles. The van der Waals surface area contributed by atoms with Crippen LogP contribution in [0.4, 0.5) is 11.4 Å². The molecule has 0 bridgehead atoms. The molecule has 0 unspecified atom stereocenters. The first kappa shape index (κ1) is 23.6. The highest BCUT2D eigenvalue weighted by molar-refractivity contribution is 6.74. The smallest absolute Gasteiger partial charge is 0.335 e. The molecule has 3 aromatic carbocycles. The van der Waals surface area contributed by atoms with Crippen LogP contribution in [-0.2, 0) is 4.79 Å². The number of benzene rings is 3. The summed E-state index contributed by atoms with van der Waals surface area (Å²) < 4.78 is 5.49. The largest absolute Gasteiger partial charge is 0.505 e. The van der Waals surface area contributed by atoms with Crippen molar-refractivity contribution in [3.8, 4) is 16.9 Å². The third-order valence-corrected chi connectivity index (χ3v) is 6.05. The first-order valence-electron chi connectivity index (χ1n) is 11.4. The van der Waals surface area contributed by atoms with E-state index < -0.39 is 11.9 Å². The van der Waals surface area contributed by atoms with E-state index in [9.17, 15) is 19.8 Å². The summed E-state index contributed by atoms with van der Waals surface area (Å²) in [4.78, 5) is 24.7. The van der Waals surface area contributed by atoms with Gasteiger partial charge in [-0.15, -0.1) is 0 Å². The fourth-order valence-electron chi connectivity index (χ4n) is 3.91. The molecule has 37 heavy (non-hydrogen) atoms. The Bertz CT molecular complexity index is 1590. The zero-order valence-electron chi connectivity index (χ0n) is 20.0. The molecule has 2 heterocycles. The van der Waals surface area contributed by atoms with Gasteiger partial charge in [-0.25, -0.2) is 4.79 Å². The second-order valence-corrected chi connectivity index (χ2v) is 8.47. The molecule has 1 amide bonds. The lowest BCUT2D eigenvalue weighted by Crippen LogP contribution is -2.28. The Kier molecular flexibility index (Phi) is 6.02. The third-order valence-electron chi connectivity index (χ3n) is 6.05. The second-order valence-electron chi connectivity index (χ2n) is 8.47. The van der Waals surface area contributed by atoms with Crippen molar-refractivity contribution in [3.05, 3.63) is 102 Å². The summed E-state index contributed by atoms with van der Waals surface area (Å²) in [7, 11) is 0. The monoisotopic (exact) mass is 494 g/mol. The van der Waals surface area contributed by atoms with Crippen LogP contribution in [0.5, 0.6) is 5.75 Å². The Morgan fingerprint density at radius 1 is 1.00 bits per heavy atom. The van der Waals surface area contributed by atoms with E-state index in [4.69, 9.17) is 4.42 Å². The number of nitrogens with zero attached hydrogens (tertiary/aromatic N) is 3. The van der Waals surface area contributed by atoms with Gasteiger partial charge in [0.2, 0.25) is 0 Å². The van der Waals surface area contributed by atoms with E-state index in [1.807, 2.05) is 26.0 Å². The number of carbonyl (C=O) groups excluding carboxylic acids is 1. The minimum Gasteiger partial charge on any atom is -0.505 e. The molecule has 9 heteroatoms. The van der Waals surface area contributed by atoms with Gasteiger partial charge in [0, 0.05) is 5.56 Å². The summed E-state index contributed by atoms with van der Waals surface area (Å²) in [6, 6.07) is 20.1. The minimum atomic E-state index is -1.07. The van der Waals surface area contributed by atoms with Gasteiger partial charge in [0.05, 0.1) is 23.2 Å². The number of aryl methyl sites for hydroxylation is 2. The highest BCUT2D eigenvalue weighted by atomic mass is 16.4. The molecule has 5 rings (SSSR count). The Morgan fingerprint density at radius 3 is 2.54 bits per heavy atom. The number of rotatable bonds is 6. The van der Waals surface area contributed by atoms with Crippen molar-refractivity contribution in [3.63, 3.8) is 0 Å². The van der Waals surface area contributed by atoms with Crippen molar-refractivity contribution in [1.82, 2.24) is 0 Å². The van der Waals surface area contributed by atoms with Crippen molar-refractivity contribution in [2.45, 2.75) is 13.8 Å². The van der Waals surface area contributed by atoms with Crippen LogP contribution >= 0.6 is 0 Å². The number of amides is 1. The van der Waals surface area contributed by atoms with Crippen molar-refractivity contribution < 1.29 is 24.2 Å². The number of hydrazone groups is 2. The van der Waals surface area contributed by atoms with Gasteiger partial charge in [-0.2, -0.15) is 15.2 Å². The highest BCUT2D eigenvalue weighted by Crippen LogP contribution is 2.36. The number of carbonyl (C=O) groups is 2. The Hall–Kier alpha value is -5.18. The maximum absolute atomic E-state index is 13.4. The minimum absolute atomic E-state index is 0.00542. The number of furan rings is 1. The number of carboxylic acid groups (broad SMARTS) is 1. The first-order valence-corrected chi connectivity index (χ1v) is 11.4. The lowest BCUT2D eigenvalue weighted by atomic mass is 10.0. The molecule has 0 radical (unpaired) electrons. The van der Waals surface area contributed by atoms with Gasteiger partial charge >= 0.3 is 11.9 Å². The van der Waals surface area contributed by atoms with Crippen LogP contribution in [0.3, 0.4) is 0 Å². The third kappa shape index (κ3) is 4.45. The van der Waals surface area contributed by atoms with Gasteiger partial charge in [0.1, 0.15) is 5.75 Å². The standard InChI is InChI=1S/C28H22N4O5/c1-16-11-12-20(14-17(16)2)32-27(34)25(24(31-32)23-10-5-13-37-23)30-29-22-9-4-8-21(26(22)33)18-6-3-7-19(15-18)28(35)36/h3-15,29,33H,1-2H3,(H,35,36)/b30-25-. The molecule has 184 valence electrons. The van der Waals surface area contributed by atoms with Gasteiger partial charge in [-0.1, -0.05) is 30.3 Å². The van der Waals surface area contributed by atoms with Crippen LogP contribution in [0.25, 0.3) is 11.1 Å². The number of phenolic OH excluding ortho intramolecular Hbond substituents is 1. The molecule has 4 aromatic rings. The van der Waals surface area contributed by atoms with E-state index in [2.05, 4.69) is 15.6 Å². The molecule has 0 fully saturated rings. The molecule has 0 spiro atoms. The maximum Gasteiger partial charge on any atom is 0.335 e. The number of aromatic hydroxyl groups is 1. The zero-order chi connectivity index (χ0) is 26.1. The van der Waals surface area contributed by atoms with E-state index >= 15 is 0 Å². The summed E-state index contributed by atoms with van der Waals surface area (Å²) in [5, 5.41) is 30.3. The molecule has 9 nitrogen and oxygen atoms in total. The van der Waals surface area contributed by atoms with Gasteiger partial charge in [0.15, 0.2) is 17.2 Å². The fraction of sp³-hybridized carbons (Fsp3) is 0.0714. The molecule has 0 saturated carbocycles. The molecule has 0 aliphatic carbocycles. The van der Waals surface area contributed by atoms with E-state index in [0.29, 0.717) is 22.6 Å². The zero-order valence-corrected chi connectivity index (χ0v) is 20.0. The van der Waals surface area contributed by atoms with Crippen LogP contribution in [0.15, 0.2) is 93.7 Å². The number of hydrogen-bond donors (Lipinski definition) is 3. The number of phenols is 1. The van der Waals surface area contributed by atoms with E-state index in [-0.39, 0.29) is 28.4 Å². The van der Waals surface area contributed by atoms with E-state index in [1.165, 1.54) is 23.4 Å². The number of aromatic carboxylic acids is 1. The number of carboxylic acids is 1. The molecule has 1 aliphatic rings. The average Bonchev–Trinajstić information content (AvgIpc) is 3.53. The predicted octanol–water partition coefficient (Wildman–Crippen LogP) is 5.19. The highest BCUT2D eigenvalue weighted by Gasteiger charge is 2.35. The van der Waals surface area contributed by atoms with Crippen LogP contribution in [-0.4, -0.2) is 33.5 Å². The Balaban J connectivity index is 1.50. The Labute approximate surface area is 212 Å².